The monoisotopic (exact) mass is 356 g/mol. The summed E-state index contributed by atoms with van der Waals surface area (Å²) in [6.45, 7) is 0.302. The summed E-state index contributed by atoms with van der Waals surface area (Å²) in [5.41, 5.74) is 2.13. The van der Waals surface area contributed by atoms with Crippen LogP contribution >= 0.6 is 0 Å². The maximum absolute atomic E-state index is 12.7. The number of nitrogens with zero attached hydrogens (tertiary/aromatic N) is 3. The summed E-state index contributed by atoms with van der Waals surface area (Å²) in [4.78, 5) is 29.1. The highest BCUT2D eigenvalue weighted by Crippen LogP contribution is 2.21. The van der Waals surface area contributed by atoms with E-state index in [9.17, 15) is 9.59 Å². The summed E-state index contributed by atoms with van der Waals surface area (Å²) in [6.07, 6.45) is 1.68. The molecule has 6 heteroatoms. The molecule has 0 aliphatic rings. The molecule has 2 aromatic heterocycles. The van der Waals surface area contributed by atoms with Crippen LogP contribution in [0.1, 0.15) is 16.1 Å². The van der Waals surface area contributed by atoms with Crippen molar-refractivity contribution >= 4 is 22.5 Å². The van der Waals surface area contributed by atoms with Crippen molar-refractivity contribution in [1.82, 2.24) is 14.8 Å². The first-order valence-corrected chi connectivity index (χ1v) is 8.48. The quantitative estimate of drug-likeness (QED) is 0.610. The highest BCUT2D eigenvalue weighted by molar-refractivity contribution is 6.07. The maximum atomic E-state index is 12.7. The van der Waals surface area contributed by atoms with Crippen LogP contribution in [-0.2, 0) is 6.54 Å². The van der Waals surface area contributed by atoms with Crippen molar-refractivity contribution in [2.24, 2.45) is 0 Å². The molecule has 27 heavy (non-hydrogen) atoms. The maximum Gasteiger partial charge on any atom is 0.276 e. The molecule has 2 aromatic carbocycles. The van der Waals surface area contributed by atoms with Gasteiger partial charge in [-0.25, -0.2) is 4.68 Å². The number of amides is 1. The Morgan fingerprint density at radius 2 is 1.74 bits per heavy atom. The van der Waals surface area contributed by atoms with E-state index >= 15 is 0 Å². The van der Waals surface area contributed by atoms with Gasteiger partial charge in [0.2, 0.25) is 0 Å². The third-order valence-corrected chi connectivity index (χ3v) is 4.16. The third-order valence-electron chi connectivity index (χ3n) is 4.16. The Hall–Kier alpha value is -3.80. The van der Waals surface area contributed by atoms with Crippen molar-refractivity contribution < 1.29 is 4.79 Å². The van der Waals surface area contributed by atoms with Gasteiger partial charge in [0.25, 0.3) is 11.5 Å². The van der Waals surface area contributed by atoms with Gasteiger partial charge >= 0.3 is 0 Å². The van der Waals surface area contributed by atoms with Crippen LogP contribution in [0.3, 0.4) is 0 Å². The zero-order valence-electron chi connectivity index (χ0n) is 14.4. The minimum atomic E-state index is -0.394. The second kappa shape index (κ2) is 7.21. The molecule has 0 saturated carbocycles. The van der Waals surface area contributed by atoms with Crippen molar-refractivity contribution in [1.29, 1.82) is 0 Å². The normalized spacial score (nSPS) is 10.7. The summed E-state index contributed by atoms with van der Waals surface area (Å²) < 4.78 is 1.28. The van der Waals surface area contributed by atoms with E-state index in [1.807, 2.05) is 54.6 Å². The van der Waals surface area contributed by atoms with E-state index < -0.39 is 5.91 Å². The van der Waals surface area contributed by atoms with Crippen molar-refractivity contribution in [3.05, 3.63) is 101 Å². The molecule has 1 amide bonds. The molecular formula is C21H16N4O2. The topological polar surface area (TPSA) is 76.9 Å². The standard InChI is InChI=1S/C21H16N4O2/c26-19-12-11-18(24-25(19)14-15-6-2-1-3-7-15)21(27)23-17-10-4-8-16-9-5-13-22-20(16)17/h1-13H,14H2,(H,23,27). The zero-order valence-corrected chi connectivity index (χ0v) is 14.4. The number of pyridine rings is 1. The van der Waals surface area contributed by atoms with Crippen LogP contribution in [0, 0.1) is 0 Å². The first kappa shape index (κ1) is 16.7. The molecule has 0 aliphatic heterocycles. The van der Waals surface area contributed by atoms with E-state index in [-0.39, 0.29) is 11.3 Å². The highest BCUT2D eigenvalue weighted by atomic mass is 16.2. The molecule has 0 bridgehead atoms. The van der Waals surface area contributed by atoms with E-state index in [0.29, 0.717) is 17.7 Å². The number of fused-ring (bicyclic) bond motifs is 1. The number of aromatic nitrogens is 3. The van der Waals surface area contributed by atoms with Gasteiger partial charge in [0.15, 0.2) is 0 Å². The van der Waals surface area contributed by atoms with Crippen LogP contribution in [-0.4, -0.2) is 20.7 Å². The first-order valence-electron chi connectivity index (χ1n) is 8.48. The van der Waals surface area contributed by atoms with Crippen LogP contribution in [0.2, 0.25) is 0 Å². The number of nitrogens with one attached hydrogen (secondary N) is 1. The Bertz CT molecular complexity index is 1160. The molecule has 0 aliphatic carbocycles. The number of carbonyl (C=O) groups excluding carboxylic acids is 1. The predicted molar refractivity (Wildman–Crippen MR) is 104 cm³/mol. The van der Waals surface area contributed by atoms with Gasteiger partial charge in [-0.2, -0.15) is 5.10 Å². The molecule has 132 valence electrons. The molecule has 0 radical (unpaired) electrons. The van der Waals surface area contributed by atoms with Crippen molar-refractivity contribution in [2.45, 2.75) is 6.54 Å². The average molecular weight is 356 g/mol. The number of hydrogen-bond donors (Lipinski definition) is 1. The Labute approximate surface area is 155 Å². The Kier molecular flexibility index (Phi) is 4.45. The van der Waals surface area contributed by atoms with Crippen LogP contribution in [0.15, 0.2) is 83.8 Å². The number of carbonyl (C=O) groups is 1. The van der Waals surface area contributed by atoms with Gasteiger partial charge in [0.1, 0.15) is 5.69 Å². The zero-order chi connectivity index (χ0) is 18.6. The number of anilines is 1. The van der Waals surface area contributed by atoms with Crippen LogP contribution < -0.4 is 10.9 Å². The number of para-hydroxylation sites is 1. The van der Waals surface area contributed by atoms with Crippen molar-refractivity contribution in [3.63, 3.8) is 0 Å². The third kappa shape index (κ3) is 3.59. The lowest BCUT2D eigenvalue weighted by atomic mass is 10.2. The average Bonchev–Trinajstić information content (AvgIpc) is 2.71. The fourth-order valence-corrected chi connectivity index (χ4v) is 2.83. The second-order valence-corrected chi connectivity index (χ2v) is 6.03. The minimum Gasteiger partial charge on any atom is -0.319 e. The predicted octanol–water partition coefficient (Wildman–Crippen LogP) is 3.09. The van der Waals surface area contributed by atoms with Crippen molar-refractivity contribution in [2.75, 3.05) is 5.32 Å². The van der Waals surface area contributed by atoms with E-state index in [0.717, 1.165) is 10.9 Å². The second-order valence-electron chi connectivity index (χ2n) is 6.03. The first-order chi connectivity index (χ1) is 13.2. The summed E-state index contributed by atoms with van der Waals surface area (Å²) in [5, 5.41) is 7.98. The molecule has 1 N–H and O–H groups in total. The van der Waals surface area contributed by atoms with Gasteiger partial charge < -0.3 is 5.32 Å². The lowest BCUT2D eigenvalue weighted by Gasteiger charge is -2.09. The van der Waals surface area contributed by atoms with Gasteiger partial charge in [-0.3, -0.25) is 14.6 Å². The fraction of sp³-hybridized carbons (Fsp3) is 0.0476. The van der Waals surface area contributed by atoms with Gasteiger partial charge in [0.05, 0.1) is 17.7 Å². The molecule has 6 nitrogen and oxygen atoms in total. The lowest BCUT2D eigenvalue weighted by molar-refractivity contribution is 0.102. The van der Waals surface area contributed by atoms with Gasteiger partial charge in [-0.05, 0) is 23.8 Å². The highest BCUT2D eigenvalue weighted by Gasteiger charge is 2.12. The van der Waals surface area contributed by atoms with Crippen LogP contribution in [0.25, 0.3) is 10.9 Å². The largest absolute Gasteiger partial charge is 0.319 e. The number of rotatable bonds is 4. The summed E-state index contributed by atoms with van der Waals surface area (Å²) in [6, 6.07) is 21.6. The molecule has 2 heterocycles. The number of hydrogen-bond acceptors (Lipinski definition) is 4. The molecule has 0 unspecified atom stereocenters. The molecule has 0 atom stereocenters. The molecular weight excluding hydrogens is 340 g/mol. The summed E-state index contributed by atoms with van der Waals surface area (Å²) in [7, 11) is 0. The summed E-state index contributed by atoms with van der Waals surface area (Å²) >= 11 is 0. The van der Waals surface area contributed by atoms with E-state index in [1.54, 1.807) is 12.3 Å². The van der Waals surface area contributed by atoms with E-state index in [2.05, 4.69) is 15.4 Å². The lowest BCUT2D eigenvalue weighted by Crippen LogP contribution is -2.26. The van der Waals surface area contributed by atoms with E-state index in [4.69, 9.17) is 0 Å². The number of benzene rings is 2. The molecule has 4 aromatic rings. The summed E-state index contributed by atoms with van der Waals surface area (Å²) in [5.74, 6) is -0.394. The Morgan fingerprint density at radius 3 is 2.59 bits per heavy atom. The fourth-order valence-electron chi connectivity index (χ4n) is 2.83. The molecule has 0 saturated heterocycles. The Balaban J connectivity index is 1.62. The van der Waals surface area contributed by atoms with Gasteiger partial charge in [-0.15, -0.1) is 0 Å². The minimum absolute atomic E-state index is 0.165. The van der Waals surface area contributed by atoms with Crippen LogP contribution in [0.5, 0.6) is 0 Å². The molecule has 0 spiro atoms. The van der Waals surface area contributed by atoms with Gasteiger partial charge in [0, 0.05) is 17.6 Å². The smallest absolute Gasteiger partial charge is 0.276 e. The van der Waals surface area contributed by atoms with Crippen LogP contribution in [0.4, 0.5) is 5.69 Å². The van der Waals surface area contributed by atoms with E-state index in [1.165, 1.54) is 16.8 Å². The molecule has 0 fully saturated rings. The molecule has 4 rings (SSSR count). The van der Waals surface area contributed by atoms with Crippen molar-refractivity contribution in [3.8, 4) is 0 Å². The SMILES string of the molecule is O=C(Nc1cccc2cccnc12)c1ccc(=O)n(Cc2ccccc2)n1. The Morgan fingerprint density at radius 1 is 0.926 bits per heavy atom. The van der Waals surface area contributed by atoms with Gasteiger partial charge in [-0.1, -0.05) is 48.5 Å².